The molecule has 0 saturated carbocycles. The summed E-state index contributed by atoms with van der Waals surface area (Å²) in [5.74, 6) is 0. The van der Waals surface area contributed by atoms with Crippen molar-refractivity contribution in [2.24, 2.45) is 0 Å². The second kappa shape index (κ2) is 5.02. The molecule has 1 aromatic rings. The van der Waals surface area contributed by atoms with Crippen molar-refractivity contribution < 1.29 is 0 Å². The maximum absolute atomic E-state index is 3.73. The van der Waals surface area contributed by atoms with E-state index < -0.39 is 0 Å². The summed E-state index contributed by atoms with van der Waals surface area (Å²) >= 11 is 0. The van der Waals surface area contributed by atoms with E-state index in [4.69, 9.17) is 0 Å². The Morgan fingerprint density at radius 1 is 1.17 bits per heavy atom. The molecule has 2 rings (SSSR count). The molecule has 0 spiro atoms. The molecule has 2 nitrogen and oxygen atoms in total. The summed E-state index contributed by atoms with van der Waals surface area (Å²) in [4.78, 5) is 2.60. The van der Waals surface area contributed by atoms with Gasteiger partial charge in [0, 0.05) is 12.1 Å². The predicted molar refractivity (Wildman–Crippen MR) is 77.7 cm³/mol. The monoisotopic (exact) mass is 246 g/mol. The van der Waals surface area contributed by atoms with E-state index in [0.29, 0.717) is 0 Å². The maximum atomic E-state index is 3.73. The van der Waals surface area contributed by atoms with Crippen molar-refractivity contribution in [1.82, 2.24) is 10.2 Å². The Kier molecular flexibility index (Phi) is 3.79. The Bertz CT molecular complexity index is 380. The van der Waals surface area contributed by atoms with E-state index in [1.807, 2.05) is 0 Å². The maximum Gasteiger partial charge on any atom is 0.0535 e. The molecule has 1 unspecified atom stereocenters. The molecule has 0 radical (unpaired) electrons. The highest BCUT2D eigenvalue weighted by Gasteiger charge is 2.34. The van der Waals surface area contributed by atoms with E-state index in [0.717, 1.165) is 13.1 Å². The van der Waals surface area contributed by atoms with Gasteiger partial charge in [-0.3, -0.25) is 4.90 Å². The summed E-state index contributed by atoms with van der Waals surface area (Å²) in [6, 6.07) is 10.8. The van der Waals surface area contributed by atoms with Crippen LogP contribution in [0.25, 0.3) is 0 Å². The SMILES string of the molecule is CC1(c2ccccc2)CN(C(C)(C)C)CCCN1. The van der Waals surface area contributed by atoms with Crippen LogP contribution in [0.2, 0.25) is 0 Å². The van der Waals surface area contributed by atoms with E-state index in [1.54, 1.807) is 0 Å². The first-order valence-electron chi connectivity index (χ1n) is 6.97. The van der Waals surface area contributed by atoms with Crippen LogP contribution >= 0.6 is 0 Å². The summed E-state index contributed by atoms with van der Waals surface area (Å²) in [5, 5.41) is 3.73. The van der Waals surface area contributed by atoms with Crippen molar-refractivity contribution in [2.75, 3.05) is 19.6 Å². The van der Waals surface area contributed by atoms with Gasteiger partial charge in [0.15, 0.2) is 0 Å². The lowest BCUT2D eigenvalue weighted by Crippen LogP contribution is -2.51. The van der Waals surface area contributed by atoms with Crippen LogP contribution in [-0.2, 0) is 5.54 Å². The van der Waals surface area contributed by atoms with Gasteiger partial charge in [-0.15, -0.1) is 0 Å². The summed E-state index contributed by atoms with van der Waals surface area (Å²) in [6.07, 6.45) is 1.22. The third-order valence-corrected chi connectivity index (χ3v) is 3.99. The molecule has 1 fully saturated rings. The molecule has 1 heterocycles. The highest BCUT2D eigenvalue weighted by atomic mass is 15.2. The molecule has 1 atom stereocenters. The Hall–Kier alpha value is -0.860. The fourth-order valence-electron chi connectivity index (χ4n) is 2.72. The zero-order valence-corrected chi connectivity index (χ0v) is 12.2. The molecule has 1 aliphatic rings. The van der Waals surface area contributed by atoms with Gasteiger partial charge in [0.25, 0.3) is 0 Å². The smallest absolute Gasteiger partial charge is 0.0535 e. The average Bonchev–Trinajstić information content (AvgIpc) is 2.53. The van der Waals surface area contributed by atoms with Gasteiger partial charge in [0.1, 0.15) is 0 Å². The van der Waals surface area contributed by atoms with Crippen LogP contribution in [0, 0.1) is 0 Å². The first-order chi connectivity index (χ1) is 8.42. The van der Waals surface area contributed by atoms with Gasteiger partial charge in [-0.25, -0.2) is 0 Å². The molecule has 100 valence electrons. The second-order valence-corrected chi connectivity index (χ2v) is 6.57. The molecule has 0 aromatic heterocycles. The average molecular weight is 246 g/mol. The molecular formula is C16H26N2. The van der Waals surface area contributed by atoms with Gasteiger partial charge in [0.05, 0.1) is 5.54 Å². The summed E-state index contributed by atoms with van der Waals surface area (Å²) < 4.78 is 0. The molecule has 0 amide bonds. The lowest BCUT2D eigenvalue weighted by Gasteiger charge is -2.40. The third kappa shape index (κ3) is 2.93. The number of rotatable bonds is 1. The summed E-state index contributed by atoms with van der Waals surface area (Å²) in [5.41, 5.74) is 1.69. The van der Waals surface area contributed by atoms with Gasteiger partial charge >= 0.3 is 0 Å². The lowest BCUT2D eigenvalue weighted by atomic mass is 9.90. The van der Waals surface area contributed by atoms with Crippen LogP contribution in [0.3, 0.4) is 0 Å². The van der Waals surface area contributed by atoms with Crippen LogP contribution in [0.4, 0.5) is 0 Å². The fourth-order valence-corrected chi connectivity index (χ4v) is 2.72. The topological polar surface area (TPSA) is 15.3 Å². The number of hydrogen-bond acceptors (Lipinski definition) is 2. The molecule has 2 heteroatoms. The van der Waals surface area contributed by atoms with Crippen molar-refractivity contribution in [3.63, 3.8) is 0 Å². The fraction of sp³-hybridized carbons (Fsp3) is 0.625. The molecule has 0 aliphatic carbocycles. The first kappa shape index (κ1) is 13.6. The van der Waals surface area contributed by atoms with Crippen molar-refractivity contribution in [2.45, 2.75) is 45.2 Å². The van der Waals surface area contributed by atoms with Gasteiger partial charge < -0.3 is 5.32 Å². The van der Waals surface area contributed by atoms with E-state index in [9.17, 15) is 0 Å². The highest BCUT2D eigenvalue weighted by Crippen LogP contribution is 2.27. The van der Waals surface area contributed by atoms with Crippen LogP contribution in [-0.4, -0.2) is 30.1 Å². The minimum absolute atomic E-state index is 0.0606. The third-order valence-electron chi connectivity index (χ3n) is 3.99. The van der Waals surface area contributed by atoms with Crippen molar-refractivity contribution in [1.29, 1.82) is 0 Å². The minimum atomic E-state index is 0.0606. The van der Waals surface area contributed by atoms with E-state index >= 15 is 0 Å². The Labute approximate surface area is 111 Å². The molecule has 1 N–H and O–H groups in total. The largest absolute Gasteiger partial charge is 0.307 e. The van der Waals surface area contributed by atoms with Crippen LogP contribution in [0.1, 0.15) is 39.7 Å². The van der Waals surface area contributed by atoms with Crippen LogP contribution < -0.4 is 5.32 Å². The van der Waals surface area contributed by atoms with Gasteiger partial charge in [-0.2, -0.15) is 0 Å². The normalized spacial score (nSPS) is 26.9. The number of nitrogens with one attached hydrogen (secondary N) is 1. The highest BCUT2D eigenvalue weighted by molar-refractivity contribution is 5.24. The molecule has 1 saturated heterocycles. The minimum Gasteiger partial charge on any atom is -0.307 e. The number of benzene rings is 1. The molecule has 18 heavy (non-hydrogen) atoms. The van der Waals surface area contributed by atoms with Crippen molar-refractivity contribution in [3.05, 3.63) is 35.9 Å². The Morgan fingerprint density at radius 2 is 1.83 bits per heavy atom. The van der Waals surface area contributed by atoms with Gasteiger partial charge in [0.2, 0.25) is 0 Å². The second-order valence-electron chi connectivity index (χ2n) is 6.57. The van der Waals surface area contributed by atoms with E-state index in [1.165, 1.54) is 18.5 Å². The van der Waals surface area contributed by atoms with Crippen molar-refractivity contribution in [3.8, 4) is 0 Å². The van der Waals surface area contributed by atoms with Crippen molar-refractivity contribution >= 4 is 0 Å². The van der Waals surface area contributed by atoms with E-state index in [-0.39, 0.29) is 11.1 Å². The Morgan fingerprint density at radius 3 is 2.44 bits per heavy atom. The first-order valence-corrected chi connectivity index (χ1v) is 6.97. The summed E-state index contributed by atoms with van der Waals surface area (Å²) in [7, 11) is 0. The zero-order valence-electron chi connectivity index (χ0n) is 12.2. The Balaban J connectivity index is 2.26. The summed E-state index contributed by atoms with van der Waals surface area (Å²) in [6.45, 7) is 12.6. The molecular weight excluding hydrogens is 220 g/mol. The number of hydrogen-bond donors (Lipinski definition) is 1. The lowest BCUT2D eigenvalue weighted by molar-refractivity contribution is 0.111. The van der Waals surface area contributed by atoms with Crippen LogP contribution in [0.5, 0.6) is 0 Å². The standard InChI is InChI=1S/C16H26N2/c1-15(2,3)18-12-8-11-17-16(4,13-18)14-9-6-5-7-10-14/h5-7,9-10,17H,8,11-13H2,1-4H3. The zero-order chi connectivity index (χ0) is 13.2. The van der Waals surface area contributed by atoms with Gasteiger partial charge in [-0.05, 0) is 52.8 Å². The van der Waals surface area contributed by atoms with Gasteiger partial charge in [-0.1, -0.05) is 30.3 Å². The molecule has 1 aromatic carbocycles. The molecule has 1 aliphatic heterocycles. The van der Waals surface area contributed by atoms with Crippen LogP contribution in [0.15, 0.2) is 30.3 Å². The quantitative estimate of drug-likeness (QED) is 0.819. The molecule has 0 bridgehead atoms. The van der Waals surface area contributed by atoms with E-state index in [2.05, 4.69) is 68.2 Å². The predicted octanol–water partition coefficient (Wildman–Crippen LogP) is 3.00. The number of nitrogens with zero attached hydrogens (tertiary/aromatic N) is 1.